The summed E-state index contributed by atoms with van der Waals surface area (Å²) in [5.41, 5.74) is 0. The molecule has 1 aliphatic carbocycles. The highest BCUT2D eigenvalue weighted by atomic mass is 16.5. The Hall–Kier alpha value is -2.22. The van der Waals surface area contributed by atoms with Crippen molar-refractivity contribution in [2.24, 2.45) is 5.92 Å². The van der Waals surface area contributed by atoms with Crippen LogP contribution >= 0.6 is 0 Å². The summed E-state index contributed by atoms with van der Waals surface area (Å²) in [7, 11) is 0. The van der Waals surface area contributed by atoms with Crippen LogP contribution in [0, 0.1) is 5.92 Å². The Bertz CT molecular complexity index is 606. The lowest BCUT2D eigenvalue weighted by atomic mass is 9.93. The topological polar surface area (TPSA) is 117 Å². The van der Waals surface area contributed by atoms with E-state index >= 15 is 0 Å². The highest BCUT2D eigenvalue weighted by Gasteiger charge is 2.42. The monoisotopic (exact) mass is 321 g/mol. The molecule has 2 bridgehead atoms. The van der Waals surface area contributed by atoms with Crippen LogP contribution in [0.1, 0.15) is 42.8 Å². The summed E-state index contributed by atoms with van der Waals surface area (Å²) >= 11 is 0. The molecule has 0 amide bonds. The van der Waals surface area contributed by atoms with E-state index in [0.29, 0.717) is 24.0 Å². The second kappa shape index (κ2) is 6.49. The SMILES string of the molecule is C1CC1c1noc([C@H]2CN3CC[C@H]2C3)n1.O=C(O)C=CC(=O)O. The smallest absolute Gasteiger partial charge is 0.328 e. The molecule has 0 spiro atoms. The number of fused-ring (bicyclic) bond motifs is 2. The standard InChI is InChI=1S/C11H15N3O.C4H4O4/c1-2-7(1)10-12-11(15-13-10)9-6-14-4-3-8(9)5-14;5-3(6)1-2-4(7)8/h7-9H,1-6H2;1-2H,(H,5,6)(H,7,8)/t8-,9-;/m0./s1. The lowest BCUT2D eigenvalue weighted by Gasteiger charge is -2.17. The fourth-order valence-electron chi connectivity index (χ4n) is 3.11. The Morgan fingerprint density at radius 2 is 1.83 bits per heavy atom. The van der Waals surface area contributed by atoms with Gasteiger partial charge in [-0.25, -0.2) is 9.59 Å². The average molecular weight is 321 g/mol. The molecule has 2 N–H and O–H groups in total. The zero-order valence-corrected chi connectivity index (χ0v) is 12.6. The molecule has 2 aliphatic heterocycles. The lowest BCUT2D eigenvalue weighted by molar-refractivity contribution is -0.134. The van der Waals surface area contributed by atoms with E-state index in [1.165, 1.54) is 32.4 Å². The van der Waals surface area contributed by atoms with Gasteiger partial charge in [-0.1, -0.05) is 5.16 Å². The maximum Gasteiger partial charge on any atom is 0.328 e. The number of carboxylic acids is 2. The number of piperidine rings is 1. The Morgan fingerprint density at radius 1 is 1.13 bits per heavy atom. The molecule has 1 aromatic heterocycles. The first kappa shape index (κ1) is 15.7. The quantitative estimate of drug-likeness (QED) is 0.791. The van der Waals surface area contributed by atoms with Crippen molar-refractivity contribution in [1.82, 2.24) is 15.0 Å². The van der Waals surface area contributed by atoms with Crippen LogP contribution in [0.15, 0.2) is 16.7 Å². The van der Waals surface area contributed by atoms with Gasteiger partial charge in [-0.15, -0.1) is 0 Å². The normalized spacial score (nSPS) is 28.6. The summed E-state index contributed by atoms with van der Waals surface area (Å²) < 4.78 is 5.41. The summed E-state index contributed by atoms with van der Waals surface area (Å²) in [6, 6.07) is 0. The van der Waals surface area contributed by atoms with Crippen molar-refractivity contribution in [1.29, 1.82) is 0 Å². The molecular weight excluding hydrogens is 302 g/mol. The van der Waals surface area contributed by atoms with Crippen LogP contribution in [0.3, 0.4) is 0 Å². The van der Waals surface area contributed by atoms with Gasteiger partial charge in [0, 0.05) is 31.2 Å². The minimum Gasteiger partial charge on any atom is -0.478 e. The molecule has 3 atom stereocenters. The maximum absolute atomic E-state index is 9.55. The van der Waals surface area contributed by atoms with Gasteiger partial charge in [0.15, 0.2) is 5.82 Å². The van der Waals surface area contributed by atoms with Gasteiger partial charge in [-0.05, 0) is 31.7 Å². The zero-order valence-electron chi connectivity index (χ0n) is 12.6. The van der Waals surface area contributed by atoms with Crippen molar-refractivity contribution < 1.29 is 24.3 Å². The van der Waals surface area contributed by atoms with Crippen LogP contribution in [-0.2, 0) is 9.59 Å². The number of carbonyl (C=O) groups is 2. The van der Waals surface area contributed by atoms with E-state index in [0.717, 1.165) is 24.2 Å². The van der Waals surface area contributed by atoms with Gasteiger partial charge in [0.1, 0.15) is 0 Å². The first-order chi connectivity index (χ1) is 11.0. The molecule has 4 rings (SSSR count). The van der Waals surface area contributed by atoms with Crippen LogP contribution in [0.2, 0.25) is 0 Å². The number of aromatic nitrogens is 2. The van der Waals surface area contributed by atoms with Gasteiger partial charge < -0.3 is 19.6 Å². The van der Waals surface area contributed by atoms with Gasteiger partial charge >= 0.3 is 11.9 Å². The van der Waals surface area contributed by atoms with E-state index in [1.54, 1.807) is 0 Å². The molecule has 124 valence electrons. The number of rotatable bonds is 4. The fraction of sp³-hybridized carbons (Fsp3) is 0.600. The molecule has 3 aliphatic rings. The summed E-state index contributed by atoms with van der Waals surface area (Å²) in [6.45, 7) is 3.65. The number of hydrogen-bond acceptors (Lipinski definition) is 6. The van der Waals surface area contributed by atoms with E-state index in [9.17, 15) is 9.59 Å². The second-order valence-electron chi connectivity index (χ2n) is 6.19. The van der Waals surface area contributed by atoms with Crippen molar-refractivity contribution in [3.63, 3.8) is 0 Å². The van der Waals surface area contributed by atoms with Gasteiger partial charge in [-0.2, -0.15) is 4.98 Å². The van der Waals surface area contributed by atoms with Crippen LogP contribution in [0.5, 0.6) is 0 Å². The summed E-state index contributed by atoms with van der Waals surface area (Å²) in [6.07, 6.45) is 4.93. The Kier molecular flexibility index (Phi) is 4.42. The van der Waals surface area contributed by atoms with Crippen LogP contribution in [0.4, 0.5) is 0 Å². The number of aliphatic carboxylic acids is 2. The highest BCUT2D eigenvalue weighted by molar-refractivity contribution is 5.89. The second-order valence-corrected chi connectivity index (χ2v) is 6.19. The summed E-state index contributed by atoms with van der Waals surface area (Å²) in [5.74, 6) is 1.27. The van der Waals surface area contributed by atoms with E-state index in [2.05, 4.69) is 15.0 Å². The predicted octanol–water partition coefficient (Wildman–Crippen LogP) is 1.08. The zero-order chi connectivity index (χ0) is 16.4. The minimum absolute atomic E-state index is 0.527. The molecule has 1 aromatic rings. The van der Waals surface area contributed by atoms with Crippen LogP contribution < -0.4 is 0 Å². The van der Waals surface area contributed by atoms with Crippen molar-refractivity contribution >= 4 is 11.9 Å². The minimum atomic E-state index is -1.26. The highest BCUT2D eigenvalue weighted by Crippen LogP contribution is 2.42. The molecule has 1 saturated carbocycles. The van der Waals surface area contributed by atoms with Crippen molar-refractivity contribution in [3.8, 4) is 0 Å². The molecular formula is C15H19N3O5. The van der Waals surface area contributed by atoms with Gasteiger partial charge in [-0.3, -0.25) is 0 Å². The largest absolute Gasteiger partial charge is 0.478 e. The number of carboxylic acid groups (broad SMARTS) is 2. The lowest BCUT2D eigenvalue weighted by Crippen LogP contribution is -2.22. The third kappa shape index (κ3) is 3.95. The average Bonchev–Trinajstić information content (AvgIpc) is 2.95. The first-order valence-electron chi connectivity index (χ1n) is 7.72. The predicted molar refractivity (Wildman–Crippen MR) is 78.0 cm³/mol. The maximum atomic E-state index is 9.55. The van der Waals surface area contributed by atoms with E-state index < -0.39 is 11.9 Å². The van der Waals surface area contributed by atoms with Crippen molar-refractivity contribution in [2.45, 2.75) is 31.1 Å². The summed E-state index contributed by atoms with van der Waals surface area (Å²) in [4.78, 5) is 26.2. The van der Waals surface area contributed by atoms with Gasteiger partial charge in [0.25, 0.3) is 0 Å². The Morgan fingerprint density at radius 3 is 2.30 bits per heavy atom. The van der Waals surface area contributed by atoms with Crippen molar-refractivity contribution in [3.05, 3.63) is 23.9 Å². The fourth-order valence-corrected chi connectivity index (χ4v) is 3.11. The third-order valence-electron chi connectivity index (χ3n) is 4.42. The third-order valence-corrected chi connectivity index (χ3v) is 4.42. The number of nitrogens with zero attached hydrogens (tertiary/aromatic N) is 3. The first-order valence-corrected chi connectivity index (χ1v) is 7.72. The van der Waals surface area contributed by atoms with Crippen LogP contribution in [-0.4, -0.2) is 56.8 Å². The molecule has 0 aromatic carbocycles. The number of hydrogen-bond donors (Lipinski definition) is 2. The van der Waals surface area contributed by atoms with Crippen molar-refractivity contribution in [2.75, 3.05) is 19.6 Å². The van der Waals surface area contributed by atoms with E-state index in [1.807, 2.05) is 0 Å². The molecule has 23 heavy (non-hydrogen) atoms. The van der Waals surface area contributed by atoms with Gasteiger partial charge in [0.05, 0.1) is 5.92 Å². The molecule has 3 heterocycles. The summed E-state index contributed by atoms with van der Waals surface area (Å²) in [5, 5.41) is 19.7. The molecule has 1 unspecified atom stereocenters. The van der Waals surface area contributed by atoms with E-state index in [-0.39, 0.29) is 0 Å². The molecule has 8 heteroatoms. The van der Waals surface area contributed by atoms with E-state index in [4.69, 9.17) is 14.7 Å². The Balaban J connectivity index is 0.000000170. The molecule has 0 radical (unpaired) electrons. The van der Waals surface area contributed by atoms with Crippen LogP contribution in [0.25, 0.3) is 0 Å². The molecule has 8 nitrogen and oxygen atoms in total. The Labute approximate surface area is 132 Å². The van der Waals surface area contributed by atoms with Gasteiger partial charge in [0.2, 0.25) is 5.89 Å². The molecule has 3 fully saturated rings. The molecule has 2 saturated heterocycles.